The average molecular weight is 353 g/mol. The zero-order valence-corrected chi connectivity index (χ0v) is 12.6. The van der Waals surface area contributed by atoms with Gasteiger partial charge in [-0.1, -0.05) is 0 Å². The lowest BCUT2D eigenvalue weighted by molar-refractivity contribution is -0.117. The number of ether oxygens (including phenoxy) is 1. The summed E-state index contributed by atoms with van der Waals surface area (Å²) in [7, 11) is -4.59. The Labute approximate surface area is 131 Å². The molecule has 2 rings (SSSR count). The van der Waals surface area contributed by atoms with Crippen molar-refractivity contribution in [1.29, 1.82) is 1.43 Å². The van der Waals surface area contributed by atoms with Gasteiger partial charge in [-0.2, -0.15) is 0 Å². The number of amides is 1. The first kappa shape index (κ1) is 16.3. The molecule has 0 spiro atoms. The maximum Gasteiger partial charge on any atom is 0.469 e. The minimum atomic E-state index is -4.59. The maximum absolute atomic E-state index is 11.1. The van der Waals surface area contributed by atoms with Crippen LogP contribution in [0.25, 0.3) is 0 Å². The number of phosphoric acid groups is 1. The summed E-state index contributed by atoms with van der Waals surface area (Å²) in [5.41, 5.74) is 11.0. The number of imidazole rings is 1. The molecule has 1 fully saturated rings. The SMILES string of the molecule is [2H]OP(=O)(O)OC[C@H]1OC(n2cnc(CC(N)=O)c2N)[C@H](O)[C@@H]1O. The molecule has 23 heavy (non-hydrogen) atoms. The number of hydrogen-bond donors (Lipinski definition) is 6. The van der Waals surface area contributed by atoms with E-state index in [0.29, 0.717) is 0 Å². The number of nitrogens with zero attached hydrogens (tertiary/aromatic N) is 2. The van der Waals surface area contributed by atoms with E-state index in [-0.39, 0.29) is 17.9 Å². The summed E-state index contributed by atoms with van der Waals surface area (Å²) in [5.74, 6) is -0.644. The fourth-order valence-corrected chi connectivity index (χ4v) is 2.51. The van der Waals surface area contributed by atoms with Gasteiger partial charge in [-0.05, 0) is 0 Å². The van der Waals surface area contributed by atoms with Crippen molar-refractivity contribution in [3.8, 4) is 0 Å². The predicted octanol–water partition coefficient (Wildman–Crippen LogP) is -2.78. The molecule has 0 aromatic carbocycles. The Morgan fingerprint density at radius 2 is 2.26 bits per heavy atom. The van der Waals surface area contributed by atoms with Crippen molar-refractivity contribution in [3.63, 3.8) is 0 Å². The topological polar surface area (TPSA) is 203 Å². The monoisotopic (exact) mass is 353 g/mol. The lowest BCUT2D eigenvalue weighted by Gasteiger charge is -2.17. The van der Waals surface area contributed by atoms with Crippen molar-refractivity contribution in [2.75, 3.05) is 12.3 Å². The van der Waals surface area contributed by atoms with Crippen LogP contribution in [-0.2, 0) is 25.0 Å². The molecule has 12 nitrogen and oxygen atoms in total. The van der Waals surface area contributed by atoms with Crippen LogP contribution in [0, 0.1) is 0 Å². The van der Waals surface area contributed by atoms with E-state index >= 15 is 0 Å². The summed E-state index contributed by atoms with van der Waals surface area (Å²) < 4.78 is 28.4. The number of aliphatic hydroxyl groups is 2. The van der Waals surface area contributed by atoms with Gasteiger partial charge in [0.25, 0.3) is 0 Å². The summed E-state index contributed by atoms with van der Waals surface area (Å²) in [4.78, 5) is 27.3. The molecule has 8 N–H and O–H groups in total. The predicted molar refractivity (Wildman–Crippen MR) is 73.5 cm³/mol. The fourth-order valence-electron chi connectivity index (χ4n) is 2.18. The largest absolute Gasteiger partial charge is 0.469 e. The minimum absolute atomic E-state index is 0.00828. The number of carbonyl (C=O) groups is 1. The highest BCUT2D eigenvalue weighted by Gasteiger charge is 2.45. The summed E-state index contributed by atoms with van der Waals surface area (Å²) in [6.45, 7) is -0.621. The molecule has 1 amide bonds. The Hall–Kier alpha value is -1.53. The summed E-state index contributed by atoms with van der Waals surface area (Å²) >= 11 is 0. The second-order valence-corrected chi connectivity index (χ2v) is 6.13. The highest BCUT2D eigenvalue weighted by atomic mass is 31.2. The van der Waals surface area contributed by atoms with Gasteiger partial charge in [0.1, 0.15) is 24.1 Å². The molecule has 0 saturated carbocycles. The molecule has 13 heteroatoms. The van der Waals surface area contributed by atoms with E-state index in [2.05, 4.69) is 14.4 Å². The summed E-state index contributed by atoms with van der Waals surface area (Å²) in [5, 5.41) is 20.0. The van der Waals surface area contributed by atoms with Crippen LogP contribution in [0.5, 0.6) is 0 Å². The fraction of sp³-hybridized carbons (Fsp3) is 0.600. The number of carbonyl (C=O) groups excluding carboxylic acids is 1. The number of primary amides is 1. The molecule has 1 aromatic heterocycles. The quantitative estimate of drug-likeness (QED) is 0.278. The average Bonchev–Trinajstić information content (AvgIpc) is 2.99. The first-order valence-electron chi connectivity index (χ1n) is 6.80. The molecule has 1 aromatic rings. The van der Waals surface area contributed by atoms with Crippen LogP contribution in [0.15, 0.2) is 6.33 Å². The molecule has 1 aliphatic rings. The van der Waals surface area contributed by atoms with Crippen molar-refractivity contribution in [2.45, 2.75) is 31.0 Å². The van der Waals surface area contributed by atoms with Gasteiger partial charge in [0.15, 0.2) is 6.23 Å². The smallest absolute Gasteiger partial charge is 0.387 e. The number of rotatable bonds is 7. The summed E-state index contributed by atoms with van der Waals surface area (Å²) in [6, 6.07) is 0. The number of phosphoric ester groups is 1. The Morgan fingerprint density at radius 3 is 2.87 bits per heavy atom. The van der Waals surface area contributed by atoms with Gasteiger partial charge in [0.2, 0.25) is 7.34 Å². The lowest BCUT2D eigenvalue weighted by atomic mass is 10.1. The van der Waals surface area contributed by atoms with Crippen molar-refractivity contribution in [2.24, 2.45) is 5.73 Å². The molecule has 1 saturated heterocycles. The van der Waals surface area contributed by atoms with Gasteiger partial charge in [-0.25, -0.2) is 9.55 Å². The van der Waals surface area contributed by atoms with Gasteiger partial charge in [0, 0.05) is 0 Å². The molecule has 130 valence electrons. The van der Waals surface area contributed by atoms with Gasteiger partial charge in [0.05, 0.1) is 25.0 Å². The number of anilines is 1. The van der Waals surface area contributed by atoms with Gasteiger partial charge in [-0.3, -0.25) is 13.9 Å². The highest BCUT2D eigenvalue weighted by Crippen LogP contribution is 2.38. The second kappa shape index (κ2) is 6.53. The van der Waals surface area contributed by atoms with Crippen LogP contribution < -0.4 is 11.5 Å². The van der Waals surface area contributed by atoms with Crippen LogP contribution in [0.1, 0.15) is 11.9 Å². The van der Waals surface area contributed by atoms with E-state index in [9.17, 15) is 19.6 Å². The van der Waals surface area contributed by atoms with E-state index in [1.807, 2.05) is 0 Å². The molecule has 2 heterocycles. The molecule has 1 aliphatic heterocycles. The van der Waals surface area contributed by atoms with Gasteiger partial charge in [-0.15, -0.1) is 0 Å². The molecule has 5 atom stereocenters. The van der Waals surface area contributed by atoms with Crippen LogP contribution in [0.3, 0.4) is 0 Å². The van der Waals surface area contributed by atoms with E-state index in [1.54, 1.807) is 0 Å². The third kappa shape index (κ3) is 4.06. The Bertz CT molecular complexity index is 657. The highest BCUT2D eigenvalue weighted by molar-refractivity contribution is 7.46. The van der Waals surface area contributed by atoms with E-state index in [1.165, 1.54) is 10.9 Å². The Kier molecular flexibility index (Phi) is 4.64. The zero-order valence-electron chi connectivity index (χ0n) is 12.7. The Morgan fingerprint density at radius 1 is 1.57 bits per heavy atom. The van der Waals surface area contributed by atoms with E-state index in [4.69, 9.17) is 22.5 Å². The van der Waals surface area contributed by atoms with Gasteiger partial charge >= 0.3 is 7.82 Å². The number of nitrogen functional groups attached to an aromatic ring is 1. The van der Waals surface area contributed by atoms with Crippen LogP contribution in [0.2, 0.25) is 0 Å². The molecular weight excluding hydrogens is 335 g/mol. The van der Waals surface area contributed by atoms with Crippen molar-refractivity contribution < 1.29 is 38.6 Å². The van der Waals surface area contributed by atoms with E-state index < -0.39 is 44.9 Å². The third-order valence-corrected chi connectivity index (χ3v) is 3.74. The first-order valence-corrected chi connectivity index (χ1v) is 7.89. The van der Waals surface area contributed by atoms with Crippen LogP contribution >= 0.6 is 7.82 Å². The van der Waals surface area contributed by atoms with Crippen LogP contribution in [0.4, 0.5) is 5.82 Å². The van der Waals surface area contributed by atoms with Crippen molar-refractivity contribution in [3.05, 3.63) is 12.0 Å². The number of nitrogens with two attached hydrogens (primary N) is 2. The van der Waals surface area contributed by atoms with Gasteiger partial charge < -0.3 is 36.2 Å². The number of hydrogen-bond acceptors (Lipinski definition) is 9. The molecule has 0 aliphatic carbocycles. The standard InChI is InChI=1S/C10H17N4O8P/c11-6(15)1-4-9(12)14(3-13-4)10-8(17)7(16)5(22-10)2-21-23(18,19)20/h3,5,7-8,10,16-17H,1-2,12H2,(H2,11,15)(H2,18,19,20)/t5-,7-,8-,10?/m1/s1/i/hD. The zero-order chi connectivity index (χ0) is 18.1. The van der Waals surface area contributed by atoms with Crippen molar-refractivity contribution in [1.82, 2.24) is 9.55 Å². The second-order valence-electron chi connectivity index (χ2n) is 4.94. The maximum atomic E-state index is 11.1. The van der Waals surface area contributed by atoms with E-state index in [0.717, 1.165) is 0 Å². The molecule has 0 radical (unpaired) electrons. The normalized spacial score (nSPS) is 30.8. The molecule has 2 unspecified atom stereocenters. The number of aliphatic hydroxyl groups excluding tert-OH is 2. The summed E-state index contributed by atoms with van der Waals surface area (Å²) in [6.07, 6.45) is -4.31. The first-order chi connectivity index (χ1) is 11.2. The molecule has 0 bridgehead atoms. The third-order valence-electron chi connectivity index (χ3n) is 3.27. The lowest BCUT2D eigenvalue weighted by Crippen LogP contribution is -2.33. The van der Waals surface area contributed by atoms with Crippen molar-refractivity contribution >= 4 is 19.5 Å². The number of aromatic nitrogens is 2. The molecular formula is C10H17N4O8P. The Balaban J connectivity index is 2.11. The van der Waals surface area contributed by atoms with Crippen LogP contribution in [-0.4, -0.2) is 61.8 Å². The minimum Gasteiger partial charge on any atom is -0.387 e.